The molecule has 1 heterocycles. The highest BCUT2D eigenvalue weighted by molar-refractivity contribution is 6.04. The summed E-state index contributed by atoms with van der Waals surface area (Å²) in [6, 6.07) is 6.81. The fourth-order valence-corrected chi connectivity index (χ4v) is 1.91. The number of rotatable bonds is 3. The summed E-state index contributed by atoms with van der Waals surface area (Å²) >= 11 is 0. The first-order valence-electron chi connectivity index (χ1n) is 5.49. The lowest BCUT2D eigenvalue weighted by atomic mass is 10.1. The molecular formula is C12H14N2O3. The van der Waals surface area contributed by atoms with Crippen LogP contribution < -0.4 is 0 Å². The topological polar surface area (TPSA) is 72.7 Å². The van der Waals surface area contributed by atoms with E-state index in [9.17, 15) is 10.0 Å². The quantitative estimate of drug-likeness (QED) is 0.637. The van der Waals surface area contributed by atoms with Gasteiger partial charge in [0.05, 0.1) is 12.2 Å². The lowest BCUT2D eigenvalue weighted by molar-refractivity contribution is -0.702. The summed E-state index contributed by atoms with van der Waals surface area (Å²) in [7, 11) is 0. The zero-order valence-corrected chi connectivity index (χ0v) is 9.59. The van der Waals surface area contributed by atoms with E-state index in [1.54, 1.807) is 31.2 Å². The van der Waals surface area contributed by atoms with Gasteiger partial charge < -0.3 is 10.3 Å². The molecule has 5 nitrogen and oxygen atoms in total. The maximum Gasteiger partial charge on any atom is 0.354 e. The smallest absolute Gasteiger partial charge is 0.354 e. The van der Waals surface area contributed by atoms with Crippen LogP contribution in [-0.4, -0.2) is 34.6 Å². The molecule has 1 aliphatic heterocycles. The van der Waals surface area contributed by atoms with E-state index < -0.39 is 10.6 Å². The Labute approximate surface area is 99.2 Å². The van der Waals surface area contributed by atoms with E-state index >= 15 is 0 Å². The number of aliphatic imine (C=N–C) groups is 1. The van der Waals surface area contributed by atoms with Crippen LogP contribution in [0.3, 0.4) is 0 Å². The number of hydrogen-bond donors (Lipinski definition) is 1. The SMILES string of the molecule is CC1=Nc2ccccc2C(=O)[N+]1([O-])CCCO. The fraction of sp³-hybridized carbons (Fsp3) is 0.333. The molecule has 0 saturated heterocycles. The van der Waals surface area contributed by atoms with Crippen LogP contribution in [0.2, 0.25) is 0 Å². The molecule has 0 radical (unpaired) electrons. The number of carbonyl (C=O) groups is 1. The molecule has 0 fully saturated rings. The van der Waals surface area contributed by atoms with Crippen molar-refractivity contribution in [3.8, 4) is 0 Å². The standard InChI is InChI=1S/C12H14N2O3/c1-9-13-11-6-3-2-5-10(11)12(16)14(9,17)7-4-8-15/h2-3,5-6,15H,4,7-8H2,1H3. The number of fused-ring (bicyclic) bond motifs is 1. The Morgan fingerprint density at radius 3 is 2.82 bits per heavy atom. The first-order chi connectivity index (χ1) is 8.09. The minimum absolute atomic E-state index is 0.0268. The van der Waals surface area contributed by atoms with Gasteiger partial charge in [-0.15, -0.1) is 0 Å². The zero-order valence-electron chi connectivity index (χ0n) is 9.59. The molecule has 1 amide bonds. The van der Waals surface area contributed by atoms with Crippen LogP contribution >= 0.6 is 0 Å². The van der Waals surface area contributed by atoms with E-state index in [0.29, 0.717) is 11.3 Å². The minimum atomic E-state index is -1.09. The highest BCUT2D eigenvalue weighted by Gasteiger charge is 2.37. The van der Waals surface area contributed by atoms with E-state index in [1.165, 1.54) is 0 Å². The summed E-state index contributed by atoms with van der Waals surface area (Å²) < 4.78 is -1.09. The molecule has 1 atom stereocenters. The molecule has 1 aliphatic rings. The van der Waals surface area contributed by atoms with Crippen molar-refractivity contribution in [3.63, 3.8) is 0 Å². The number of para-hydroxylation sites is 1. The summed E-state index contributed by atoms with van der Waals surface area (Å²) in [4.78, 5) is 16.3. The molecule has 1 aromatic rings. The largest absolute Gasteiger partial charge is 0.619 e. The van der Waals surface area contributed by atoms with Crippen LogP contribution in [-0.2, 0) is 0 Å². The first kappa shape index (κ1) is 11.9. The van der Waals surface area contributed by atoms with Crippen LogP contribution in [0.1, 0.15) is 23.7 Å². The third kappa shape index (κ3) is 1.88. The monoisotopic (exact) mass is 234 g/mol. The van der Waals surface area contributed by atoms with Crippen LogP contribution in [0.15, 0.2) is 29.3 Å². The molecule has 0 bridgehead atoms. The maximum atomic E-state index is 12.5. The molecular weight excluding hydrogens is 220 g/mol. The van der Waals surface area contributed by atoms with Gasteiger partial charge in [0.15, 0.2) is 0 Å². The molecule has 5 heteroatoms. The predicted octanol–water partition coefficient (Wildman–Crippen LogP) is 1.59. The Morgan fingerprint density at radius 2 is 2.12 bits per heavy atom. The molecule has 90 valence electrons. The molecule has 0 aliphatic carbocycles. The Hall–Kier alpha value is -1.56. The summed E-state index contributed by atoms with van der Waals surface area (Å²) in [5.41, 5.74) is 0.898. The van der Waals surface area contributed by atoms with Crippen molar-refractivity contribution in [2.24, 2.45) is 4.99 Å². The number of nitrogens with zero attached hydrogens (tertiary/aromatic N) is 2. The summed E-state index contributed by atoms with van der Waals surface area (Å²) in [5.74, 6) is -0.274. The summed E-state index contributed by atoms with van der Waals surface area (Å²) in [6.07, 6.45) is 0.282. The molecule has 1 N–H and O–H groups in total. The molecule has 0 spiro atoms. The van der Waals surface area contributed by atoms with Crippen LogP contribution in [0.5, 0.6) is 0 Å². The van der Waals surface area contributed by atoms with Gasteiger partial charge in [0.25, 0.3) is 0 Å². The van der Waals surface area contributed by atoms with Crippen molar-refractivity contribution in [2.45, 2.75) is 13.3 Å². The van der Waals surface area contributed by atoms with Crippen molar-refractivity contribution in [2.75, 3.05) is 13.2 Å². The highest BCUT2D eigenvalue weighted by atomic mass is 16.6. The molecule has 0 aromatic heterocycles. The molecule has 1 unspecified atom stereocenters. The van der Waals surface area contributed by atoms with Crippen LogP contribution in [0.4, 0.5) is 5.69 Å². The number of benzene rings is 1. The van der Waals surface area contributed by atoms with Gasteiger partial charge in [-0.2, -0.15) is 4.99 Å². The number of carbonyl (C=O) groups excluding carboxylic acids is 1. The molecule has 0 saturated carbocycles. The molecule has 17 heavy (non-hydrogen) atoms. The normalized spacial score (nSPS) is 23.2. The van der Waals surface area contributed by atoms with Gasteiger partial charge in [0, 0.05) is 20.0 Å². The van der Waals surface area contributed by atoms with Gasteiger partial charge in [-0.05, 0) is 12.1 Å². The Balaban J connectivity index is 2.44. The lowest BCUT2D eigenvalue weighted by Crippen LogP contribution is -2.53. The van der Waals surface area contributed by atoms with Crippen LogP contribution in [0, 0.1) is 5.21 Å². The first-order valence-corrected chi connectivity index (χ1v) is 5.49. The van der Waals surface area contributed by atoms with Gasteiger partial charge in [-0.25, -0.2) is 9.44 Å². The van der Waals surface area contributed by atoms with Crippen molar-refractivity contribution < 1.29 is 14.5 Å². The second-order valence-electron chi connectivity index (χ2n) is 4.02. The average molecular weight is 234 g/mol. The van der Waals surface area contributed by atoms with E-state index in [-0.39, 0.29) is 25.4 Å². The minimum Gasteiger partial charge on any atom is -0.619 e. The number of amides is 1. The number of aliphatic hydroxyl groups excluding tert-OH is 1. The van der Waals surface area contributed by atoms with Crippen molar-refractivity contribution in [1.29, 1.82) is 0 Å². The number of amidine groups is 1. The third-order valence-corrected chi connectivity index (χ3v) is 2.90. The van der Waals surface area contributed by atoms with Gasteiger partial charge in [-0.1, -0.05) is 12.1 Å². The number of hydrogen-bond acceptors (Lipinski definition) is 4. The third-order valence-electron chi connectivity index (χ3n) is 2.90. The Kier molecular flexibility index (Phi) is 3.06. The second-order valence-corrected chi connectivity index (χ2v) is 4.02. The van der Waals surface area contributed by atoms with Gasteiger partial charge in [0.1, 0.15) is 5.56 Å². The van der Waals surface area contributed by atoms with Gasteiger partial charge in [-0.3, -0.25) is 0 Å². The van der Waals surface area contributed by atoms with Gasteiger partial charge in [0.2, 0.25) is 5.84 Å². The van der Waals surface area contributed by atoms with Crippen LogP contribution in [0.25, 0.3) is 0 Å². The van der Waals surface area contributed by atoms with E-state index in [2.05, 4.69) is 4.99 Å². The fourth-order valence-electron chi connectivity index (χ4n) is 1.91. The molecule has 2 rings (SSSR count). The number of aliphatic hydroxyl groups is 1. The van der Waals surface area contributed by atoms with Crippen molar-refractivity contribution >= 4 is 17.4 Å². The Bertz CT molecular complexity index is 484. The summed E-state index contributed by atoms with van der Waals surface area (Å²) in [6.45, 7) is 1.47. The Morgan fingerprint density at radius 1 is 1.41 bits per heavy atom. The second kappa shape index (κ2) is 4.37. The van der Waals surface area contributed by atoms with Crippen molar-refractivity contribution in [3.05, 3.63) is 35.0 Å². The van der Waals surface area contributed by atoms with Gasteiger partial charge >= 0.3 is 5.91 Å². The van der Waals surface area contributed by atoms with Crippen molar-refractivity contribution in [1.82, 2.24) is 0 Å². The van der Waals surface area contributed by atoms with E-state index in [0.717, 1.165) is 0 Å². The van der Waals surface area contributed by atoms with E-state index in [4.69, 9.17) is 5.11 Å². The van der Waals surface area contributed by atoms with E-state index in [1.807, 2.05) is 0 Å². The summed E-state index contributed by atoms with van der Waals surface area (Å²) in [5, 5.41) is 21.2. The number of hydroxylamine groups is 3. The average Bonchev–Trinajstić information content (AvgIpc) is 2.34. The maximum absolute atomic E-state index is 12.5. The predicted molar refractivity (Wildman–Crippen MR) is 63.7 cm³/mol. The number of quaternary nitrogens is 1. The zero-order chi connectivity index (χ0) is 12.5. The highest BCUT2D eigenvalue weighted by Crippen LogP contribution is 2.30. The molecule has 1 aromatic carbocycles. The lowest BCUT2D eigenvalue weighted by Gasteiger charge is -2.40.